The van der Waals surface area contributed by atoms with Crippen molar-refractivity contribution in [3.05, 3.63) is 47.3 Å². The number of benzene rings is 1. The van der Waals surface area contributed by atoms with Crippen LogP contribution in [0.4, 0.5) is 0 Å². The molecule has 1 fully saturated rings. The van der Waals surface area contributed by atoms with Crippen LogP contribution < -0.4 is 4.74 Å². The number of aromatic nitrogens is 2. The molecule has 0 saturated carbocycles. The molecule has 0 N–H and O–H groups in total. The number of piperazine rings is 1. The molecule has 0 atom stereocenters. The summed E-state index contributed by atoms with van der Waals surface area (Å²) in [5.74, 6) is 1.17. The van der Waals surface area contributed by atoms with E-state index in [0.29, 0.717) is 44.7 Å². The fourth-order valence-corrected chi connectivity index (χ4v) is 3.97. The molecule has 2 heterocycles. The lowest BCUT2D eigenvalue weighted by molar-refractivity contribution is -0.132. The number of nitrogens with zero attached hydrogens (tertiary/aromatic N) is 4. The second-order valence-electron chi connectivity index (χ2n) is 9.71. The molecule has 2 aromatic rings. The molecule has 174 valence electrons. The molecule has 1 aromatic carbocycles. The molecule has 0 bridgehead atoms. The van der Waals surface area contributed by atoms with Gasteiger partial charge < -0.3 is 14.5 Å². The molecule has 7 heteroatoms. The second-order valence-corrected chi connectivity index (χ2v) is 9.71. The van der Waals surface area contributed by atoms with Crippen LogP contribution in [0, 0.1) is 0 Å². The molecule has 32 heavy (non-hydrogen) atoms. The Morgan fingerprint density at radius 2 is 1.62 bits per heavy atom. The first-order chi connectivity index (χ1) is 15.1. The SMILES string of the molecule is COc1ccc(CCC(=O)N2CCN(C(=O)c3cc(C(C)C)n(C(C)(C)C)n3)CC2)cc1. The van der Waals surface area contributed by atoms with Crippen LogP contribution in [0.1, 0.15) is 68.7 Å². The summed E-state index contributed by atoms with van der Waals surface area (Å²) in [6.45, 7) is 12.7. The topological polar surface area (TPSA) is 67.7 Å². The van der Waals surface area contributed by atoms with Gasteiger partial charge in [-0.1, -0.05) is 26.0 Å². The zero-order chi connectivity index (χ0) is 23.5. The summed E-state index contributed by atoms with van der Waals surface area (Å²) in [4.78, 5) is 29.4. The zero-order valence-electron chi connectivity index (χ0n) is 20.2. The van der Waals surface area contributed by atoms with E-state index in [4.69, 9.17) is 4.74 Å². The number of rotatable bonds is 6. The third-order valence-corrected chi connectivity index (χ3v) is 5.89. The fourth-order valence-electron chi connectivity index (χ4n) is 3.97. The molecule has 1 aromatic heterocycles. The van der Waals surface area contributed by atoms with Gasteiger partial charge in [-0.2, -0.15) is 5.10 Å². The molecule has 3 rings (SSSR count). The Hall–Kier alpha value is -2.83. The van der Waals surface area contributed by atoms with Crippen molar-refractivity contribution in [1.29, 1.82) is 0 Å². The standard InChI is InChI=1S/C25H36N4O3/c1-18(2)22-17-21(26-29(22)25(3,4)5)24(31)28-15-13-27(14-16-28)23(30)12-9-19-7-10-20(32-6)11-8-19/h7-8,10-11,17-18H,9,12-16H2,1-6H3. The van der Waals surface area contributed by atoms with Crippen molar-refractivity contribution in [2.24, 2.45) is 0 Å². The lowest BCUT2D eigenvalue weighted by atomic mass is 10.1. The summed E-state index contributed by atoms with van der Waals surface area (Å²) >= 11 is 0. The number of carbonyl (C=O) groups excluding carboxylic acids is 2. The van der Waals surface area contributed by atoms with Crippen molar-refractivity contribution < 1.29 is 14.3 Å². The minimum absolute atomic E-state index is 0.0553. The van der Waals surface area contributed by atoms with Gasteiger partial charge in [-0.3, -0.25) is 14.3 Å². The summed E-state index contributed by atoms with van der Waals surface area (Å²) in [6.07, 6.45) is 1.16. The van der Waals surface area contributed by atoms with Crippen molar-refractivity contribution in [3.8, 4) is 5.75 Å². The highest BCUT2D eigenvalue weighted by Gasteiger charge is 2.29. The predicted molar refractivity (Wildman–Crippen MR) is 125 cm³/mol. The highest BCUT2D eigenvalue weighted by atomic mass is 16.5. The Morgan fingerprint density at radius 3 is 2.12 bits per heavy atom. The highest BCUT2D eigenvalue weighted by Crippen LogP contribution is 2.24. The smallest absolute Gasteiger partial charge is 0.274 e. The van der Waals surface area contributed by atoms with Gasteiger partial charge in [0.15, 0.2) is 5.69 Å². The Bertz CT molecular complexity index is 933. The molecule has 0 aliphatic carbocycles. The number of carbonyl (C=O) groups is 2. The number of hydrogen-bond donors (Lipinski definition) is 0. The Labute approximate surface area is 191 Å². The van der Waals surface area contributed by atoms with Gasteiger partial charge in [0.2, 0.25) is 5.91 Å². The van der Waals surface area contributed by atoms with E-state index in [1.54, 1.807) is 7.11 Å². The zero-order valence-corrected chi connectivity index (χ0v) is 20.2. The molecule has 1 saturated heterocycles. The van der Waals surface area contributed by atoms with Crippen LogP contribution in [-0.2, 0) is 16.8 Å². The van der Waals surface area contributed by atoms with Gasteiger partial charge in [-0.25, -0.2) is 0 Å². The molecular formula is C25H36N4O3. The van der Waals surface area contributed by atoms with E-state index in [-0.39, 0.29) is 23.3 Å². The van der Waals surface area contributed by atoms with Crippen LogP contribution in [0.5, 0.6) is 5.75 Å². The summed E-state index contributed by atoms with van der Waals surface area (Å²) in [7, 11) is 1.64. The van der Waals surface area contributed by atoms with Crippen molar-refractivity contribution in [2.45, 2.75) is 58.9 Å². The molecule has 2 amide bonds. The highest BCUT2D eigenvalue weighted by molar-refractivity contribution is 5.92. The Morgan fingerprint density at radius 1 is 1.03 bits per heavy atom. The number of hydrogen-bond acceptors (Lipinski definition) is 4. The maximum atomic E-state index is 13.1. The second kappa shape index (κ2) is 9.76. The quantitative estimate of drug-likeness (QED) is 0.687. The monoisotopic (exact) mass is 440 g/mol. The Kier molecular flexibility index (Phi) is 7.26. The number of methoxy groups -OCH3 is 1. The molecular weight excluding hydrogens is 404 g/mol. The number of ether oxygens (including phenoxy) is 1. The fraction of sp³-hybridized carbons (Fsp3) is 0.560. The average molecular weight is 441 g/mol. The number of aryl methyl sites for hydroxylation is 1. The molecule has 1 aliphatic rings. The Balaban J connectivity index is 1.55. The largest absolute Gasteiger partial charge is 0.497 e. The minimum Gasteiger partial charge on any atom is -0.497 e. The van der Waals surface area contributed by atoms with E-state index in [1.807, 2.05) is 44.8 Å². The molecule has 0 radical (unpaired) electrons. The van der Waals surface area contributed by atoms with Crippen LogP contribution in [0.2, 0.25) is 0 Å². The van der Waals surface area contributed by atoms with Crippen molar-refractivity contribution in [3.63, 3.8) is 0 Å². The summed E-state index contributed by atoms with van der Waals surface area (Å²) in [5, 5.41) is 4.64. The third-order valence-electron chi connectivity index (χ3n) is 5.89. The average Bonchev–Trinajstić information content (AvgIpc) is 3.24. The first kappa shape index (κ1) is 23.8. The first-order valence-electron chi connectivity index (χ1n) is 11.4. The van der Waals surface area contributed by atoms with Gasteiger partial charge in [-0.15, -0.1) is 0 Å². The van der Waals surface area contributed by atoms with Crippen molar-refractivity contribution in [1.82, 2.24) is 19.6 Å². The van der Waals surface area contributed by atoms with Crippen molar-refractivity contribution >= 4 is 11.8 Å². The van der Waals surface area contributed by atoms with Crippen molar-refractivity contribution in [2.75, 3.05) is 33.3 Å². The maximum Gasteiger partial charge on any atom is 0.274 e. The van der Waals surface area contributed by atoms with Crippen LogP contribution in [0.15, 0.2) is 30.3 Å². The molecule has 1 aliphatic heterocycles. The normalized spacial score (nSPS) is 14.7. The summed E-state index contributed by atoms with van der Waals surface area (Å²) in [5.41, 5.74) is 2.48. The van der Waals surface area contributed by atoms with Crippen LogP contribution in [0.25, 0.3) is 0 Å². The van der Waals surface area contributed by atoms with Gasteiger partial charge >= 0.3 is 0 Å². The van der Waals surface area contributed by atoms with E-state index < -0.39 is 0 Å². The number of amides is 2. The maximum absolute atomic E-state index is 13.1. The third kappa shape index (κ3) is 5.50. The van der Waals surface area contributed by atoms with E-state index in [0.717, 1.165) is 17.0 Å². The predicted octanol–water partition coefficient (Wildman–Crippen LogP) is 3.69. The van der Waals surface area contributed by atoms with Crippen LogP contribution in [-0.4, -0.2) is 64.7 Å². The molecule has 0 spiro atoms. The van der Waals surface area contributed by atoms with Gasteiger partial charge in [0.25, 0.3) is 5.91 Å². The lowest BCUT2D eigenvalue weighted by Crippen LogP contribution is -2.50. The molecule has 7 nitrogen and oxygen atoms in total. The first-order valence-corrected chi connectivity index (χ1v) is 11.4. The van der Waals surface area contributed by atoms with Gasteiger partial charge in [0.05, 0.1) is 12.6 Å². The minimum atomic E-state index is -0.187. The molecule has 0 unspecified atom stereocenters. The van der Waals surface area contributed by atoms with Gasteiger partial charge in [0, 0.05) is 38.3 Å². The summed E-state index contributed by atoms with van der Waals surface area (Å²) < 4.78 is 7.14. The van der Waals surface area contributed by atoms with E-state index >= 15 is 0 Å². The van der Waals surface area contributed by atoms with Crippen LogP contribution >= 0.6 is 0 Å². The van der Waals surface area contributed by atoms with Crippen LogP contribution in [0.3, 0.4) is 0 Å². The van der Waals surface area contributed by atoms with E-state index in [2.05, 4.69) is 39.7 Å². The summed E-state index contributed by atoms with van der Waals surface area (Å²) in [6, 6.07) is 9.73. The van der Waals surface area contributed by atoms with Gasteiger partial charge in [-0.05, 0) is 56.9 Å². The lowest BCUT2D eigenvalue weighted by Gasteiger charge is -2.34. The van der Waals surface area contributed by atoms with E-state index in [9.17, 15) is 9.59 Å². The van der Waals surface area contributed by atoms with E-state index in [1.165, 1.54) is 0 Å². The van der Waals surface area contributed by atoms with Gasteiger partial charge in [0.1, 0.15) is 5.75 Å².